The van der Waals surface area contributed by atoms with Gasteiger partial charge in [0, 0.05) is 0 Å². The Morgan fingerprint density at radius 3 is 2.58 bits per heavy atom. The first-order valence-electron chi connectivity index (χ1n) is 3.20. The van der Waals surface area contributed by atoms with Crippen molar-refractivity contribution in [1.82, 2.24) is 0 Å². The molecule has 0 rings (SSSR count). The fourth-order valence-electron chi connectivity index (χ4n) is 0.388. The van der Waals surface area contributed by atoms with Gasteiger partial charge in [-0.25, -0.2) is 13.6 Å². The maximum absolute atomic E-state index is 11.4. The number of hydrogen-bond acceptors (Lipinski definition) is 4. The first-order chi connectivity index (χ1) is 5.57. The third-order valence-electron chi connectivity index (χ3n) is 0.783. The van der Waals surface area contributed by atoms with E-state index >= 15 is 0 Å². The minimum atomic E-state index is -2.96. The van der Waals surface area contributed by atoms with Crippen LogP contribution >= 0.6 is 8.03 Å². The summed E-state index contributed by atoms with van der Waals surface area (Å²) < 4.78 is 41.8. The van der Waals surface area contributed by atoms with Gasteiger partial charge in [0.15, 0.2) is 6.61 Å². The molecule has 0 aromatic rings. The SMILES string of the molecule is CCO[PH](=O)C(=O)OCC(F)F. The summed E-state index contributed by atoms with van der Waals surface area (Å²) in [6.07, 6.45) is -2.75. The van der Waals surface area contributed by atoms with E-state index in [2.05, 4.69) is 9.26 Å². The van der Waals surface area contributed by atoms with E-state index < -0.39 is 26.8 Å². The molecule has 0 saturated heterocycles. The normalized spacial score (nSPS) is 13.0. The maximum atomic E-state index is 11.4. The van der Waals surface area contributed by atoms with Gasteiger partial charge in [-0.05, 0) is 6.92 Å². The summed E-state index contributed by atoms with van der Waals surface area (Å²) in [4.78, 5) is 10.5. The van der Waals surface area contributed by atoms with Gasteiger partial charge in [-0.1, -0.05) is 0 Å². The predicted molar refractivity (Wildman–Crippen MR) is 38.0 cm³/mol. The van der Waals surface area contributed by atoms with E-state index in [1.54, 1.807) is 0 Å². The summed E-state index contributed by atoms with van der Waals surface area (Å²) in [6.45, 7) is 0.576. The quantitative estimate of drug-likeness (QED) is 0.639. The average molecular weight is 202 g/mol. The van der Waals surface area contributed by atoms with E-state index in [-0.39, 0.29) is 6.61 Å². The molecular weight excluding hydrogens is 193 g/mol. The van der Waals surface area contributed by atoms with Crippen LogP contribution in [0.3, 0.4) is 0 Å². The molecule has 1 atom stereocenters. The van der Waals surface area contributed by atoms with Crippen LogP contribution in [-0.2, 0) is 13.8 Å². The molecule has 0 saturated carbocycles. The van der Waals surface area contributed by atoms with Crippen molar-refractivity contribution in [2.24, 2.45) is 0 Å². The Morgan fingerprint density at radius 2 is 2.17 bits per heavy atom. The second-order valence-electron chi connectivity index (χ2n) is 1.71. The predicted octanol–water partition coefficient (Wildman–Crippen LogP) is 1.90. The molecule has 72 valence electrons. The number of rotatable bonds is 5. The van der Waals surface area contributed by atoms with Gasteiger partial charge in [0.1, 0.15) is 0 Å². The van der Waals surface area contributed by atoms with E-state index in [0.29, 0.717) is 0 Å². The third-order valence-corrected chi connectivity index (χ3v) is 1.81. The third kappa shape index (κ3) is 5.21. The topological polar surface area (TPSA) is 52.6 Å². The van der Waals surface area contributed by atoms with E-state index in [0.717, 1.165) is 0 Å². The van der Waals surface area contributed by atoms with Crippen molar-refractivity contribution in [3.8, 4) is 0 Å². The molecule has 0 radical (unpaired) electrons. The number of carbonyl (C=O) groups is 1. The van der Waals surface area contributed by atoms with Gasteiger partial charge >= 0.3 is 5.71 Å². The van der Waals surface area contributed by atoms with E-state index in [4.69, 9.17) is 0 Å². The van der Waals surface area contributed by atoms with Crippen molar-refractivity contribution < 1.29 is 27.4 Å². The van der Waals surface area contributed by atoms with Gasteiger partial charge in [-0.2, -0.15) is 0 Å². The maximum Gasteiger partial charge on any atom is 0.388 e. The van der Waals surface area contributed by atoms with Crippen molar-refractivity contribution in [2.75, 3.05) is 13.2 Å². The number of alkyl halides is 2. The molecular formula is C5H9F2O4P. The lowest BCUT2D eigenvalue weighted by Crippen LogP contribution is -2.07. The molecule has 0 N–H and O–H groups in total. The summed E-state index contributed by atoms with van der Waals surface area (Å²) in [5.74, 6) is 0. The molecule has 4 nitrogen and oxygen atoms in total. The lowest BCUT2D eigenvalue weighted by atomic mass is 10.8. The van der Waals surface area contributed by atoms with Crippen molar-refractivity contribution in [2.45, 2.75) is 13.3 Å². The van der Waals surface area contributed by atoms with E-state index in [9.17, 15) is 18.1 Å². The van der Waals surface area contributed by atoms with Crippen LogP contribution in [0.2, 0.25) is 0 Å². The molecule has 0 spiro atoms. The summed E-state index contributed by atoms with van der Waals surface area (Å²) >= 11 is 0. The zero-order valence-corrected chi connectivity index (χ0v) is 7.38. The van der Waals surface area contributed by atoms with E-state index in [1.165, 1.54) is 6.92 Å². The molecule has 0 bridgehead atoms. The van der Waals surface area contributed by atoms with Crippen LogP contribution in [0.25, 0.3) is 0 Å². The Labute approximate surface area is 68.7 Å². The average Bonchev–Trinajstić information content (AvgIpc) is 2.00. The van der Waals surface area contributed by atoms with Crippen LogP contribution in [-0.4, -0.2) is 25.3 Å². The Balaban J connectivity index is 3.65. The molecule has 0 aliphatic carbocycles. The molecule has 0 aromatic carbocycles. The van der Waals surface area contributed by atoms with Gasteiger partial charge in [0.25, 0.3) is 14.5 Å². The summed E-state index contributed by atoms with van der Waals surface area (Å²) in [7, 11) is -2.96. The minimum Gasteiger partial charge on any atom is -0.453 e. The van der Waals surface area contributed by atoms with Crippen LogP contribution in [0, 0.1) is 0 Å². The van der Waals surface area contributed by atoms with Crippen LogP contribution in [0.5, 0.6) is 0 Å². The Kier molecular flexibility index (Phi) is 5.84. The van der Waals surface area contributed by atoms with Crippen molar-refractivity contribution in [3.63, 3.8) is 0 Å². The Morgan fingerprint density at radius 1 is 1.58 bits per heavy atom. The van der Waals surface area contributed by atoms with Crippen LogP contribution in [0.1, 0.15) is 6.92 Å². The van der Waals surface area contributed by atoms with Crippen LogP contribution in [0.15, 0.2) is 0 Å². The minimum absolute atomic E-state index is 0.0849. The molecule has 1 unspecified atom stereocenters. The molecule has 0 fully saturated rings. The summed E-state index contributed by atoms with van der Waals surface area (Å²) in [5.41, 5.74) is -1.21. The monoisotopic (exact) mass is 202 g/mol. The van der Waals surface area contributed by atoms with Crippen molar-refractivity contribution in [3.05, 3.63) is 0 Å². The number of hydrogen-bond donors (Lipinski definition) is 0. The first kappa shape index (κ1) is 11.5. The standard InChI is InChI=1S/C5H9F2O4P/c1-2-11-12(9)5(8)10-3-4(6)7/h4,12H,2-3H2,1H3. The highest BCUT2D eigenvalue weighted by atomic mass is 31.1. The van der Waals surface area contributed by atoms with Gasteiger partial charge in [0.05, 0.1) is 6.61 Å². The fourth-order valence-corrected chi connectivity index (χ4v) is 0.969. The Bertz CT molecular complexity index is 173. The zero-order chi connectivity index (χ0) is 9.56. The van der Waals surface area contributed by atoms with Crippen LogP contribution in [0.4, 0.5) is 13.6 Å². The molecule has 7 heteroatoms. The highest BCUT2D eigenvalue weighted by Gasteiger charge is 2.15. The lowest BCUT2D eigenvalue weighted by Gasteiger charge is -2.02. The Hall–Kier alpha value is -0.480. The largest absolute Gasteiger partial charge is 0.453 e. The summed E-state index contributed by atoms with van der Waals surface area (Å²) in [6, 6.07) is 0. The molecule has 0 aliphatic heterocycles. The zero-order valence-electron chi connectivity index (χ0n) is 6.38. The van der Waals surface area contributed by atoms with Crippen LogP contribution < -0.4 is 0 Å². The fraction of sp³-hybridized carbons (Fsp3) is 0.800. The van der Waals surface area contributed by atoms with Crippen molar-refractivity contribution in [1.29, 1.82) is 0 Å². The molecule has 0 aromatic heterocycles. The van der Waals surface area contributed by atoms with Gasteiger partial charge < -0.3 is 9.26 Å². The number of carbonyl (C=O) groups excluding carboxylic acids is 1. The highest BCUT2D eigenvalue weighted by molar-refractivity contribution is 7.58. The van der Waals surface area contributed by atoms with Crippen molar-refractivity contribution >= 4 is 13.7 Å². The first-order valence-corrected chi connectivity index (χ1v) is 4.51. The summed E-state index contributed by atoms with van der Waals surface area (Å²) in [5, 5.41) is 0. The molecule has 0 aliphatic rings. The van der Waals surface area contributed by atoms with Gasteiger partial charge in [-0.15, -0.1) is 0 Å². The second-order valence-corrected chi connectivity index (χ2v) is 2.98. The molecule has 0 amide bonds. The number of ether oxygens (including phenoxy) is 1. The number of halogens is 2. The lowest BCUT2D eigenvalue weighted by molar-refractivity contribution is 0.0581. The second kappa shape index (κ2) is 6.08. The van der Waals surface area contributed by atoms with Gasteiger partial charge in [-0.3, -0.25) is 4.57 Å². The van der Waals surface area contributed by atoms with Gasteiger partial charge in [0.2, 0.25) is 0 Å². The van der Waals surface area contributed by atoms with E-state index in [1.807, 2.05) is 0 Å². The molecule has 12 heavy (non-hydrogen) atoms. The smallest absolute Gasteiger partial charge is 0.388 e. The molecule has 0 heterocycles. The highest BCUT2D eigenvalue weighted by Crippen LogP contribution is 2.24.